The van der Waals surface area contributed by atoms with Crippen molar-refractivity contribution in [2.75, 3.05) is 13.1 Å². The Bertz CT molecular complexity index is 433. The van der Waals surface area contributed by atoms with Crippen LogP contribution in [-0.2, 0) is 11.2 Å². The zero-order chi connectivity index (χ0) is 15.9. The number of carboxylic acid groups (broad SMARTS) is 1. The van der Waals surface area contributed by atoms with E-state index >= 15 is 0 Å². The fourth-order valence-corrected chi connectivity index (χ4v) is 2.51. The van der Waals surface area contributed by atoms with Crippen LogP contribution < -0.4 is 5.32 Å². The Balaban J connectivity index is 2.44. The first-order chi connectivity index (χ1) is 9.95. The van der Waals surface area contributed by atoms with Crippen molar-refractivity contribution >= 4 is 5.97 Å². The Morgan fingerprint density at radius 3 is 2.19 bits per heavy atom. The molecule has 118 valence electrons. The predicted molar refractivity (Wildman–Crippen MR) is 87.8 cm³/mol. The molecule has 0 unspecified atom stereocenters. The number of benzene rings is 1. The van der Waals surface area contributed by atoms with E-state index in [0.717, 1.165) is 13.0 Å². The third kappa shape index (κ3) is 4.85. The number of nitrogens with one attached hydrogen (secondary N) is 1. The van der Waals surface area contributed by atoms with Gasteiger partial charge in [0.25, 0.3) is 0 Å². The van der Waals surface area contributed by atoms with E-state index in [4.69, 9.17) is 0 Å². The molecule has 0 radical (unpaired) electrons. The molecule has 0 aliphatic carbocycles. The van der Waals surface area contributed by atoms with Crippen LogP contribution in [-0.4, -0.2) is 24.2 Å². The number of hydrogen-bond donors (Lipinski definition) is 2. The highest BCUT2D eigenvalue weighted by atomic mass is 16.4. The lowest BCUT2D eigenvalue weighted by Gasteiger charge is -2.27. The van der Waals surface area contributed by atoms with Crippen molar-refractivity contribution in [2.45, 2.75) is 52.9 Å². The third-order valence-electron chi connectivity index (χ3n) is 4.51. The van der Waals surface area contributed by atoms with E-state index < -0.39 is 11.4 Å². The van der Waals surface area contributed by atoms with Crippen LogP contribution in [0.5, 0.6) is 0 Å². The van der Waals surface area contributed by atoms with Gasteiger partial charge in [0.05, 0.1) is 5.41 Å². The van der Waals surface area contributed by atoms with Gasteiger partial charge in [-0.15, -0.1) is 0 Å². The highest BCUT2D eigenvalue weighted by molar-refractivity contribution is 5.74. The highest BCUT2D eigenvalue weighted by Gasteiger charge is 2.34. The summed E-state index contributed by atoms with van der Waals surface area (Å²) in [6.45, 7) is 9.64. The van der Waals surface area contributed by atoms with E-state index in [9.17, 15) is 9.90 Å². The van der Waals surface area contributed by atoms with Gasteiger partial charge in [-0.2, -0.15) is 0 Å². The summed E-state index contributed by atoms with van der Waals surface area (Å²) < 4.78 is 0. The van der Waals surface area contributed by atoms with Crippen LogP contribution in [0.25, 0.3) is 0 Å². The van der Waals surface area contributed by atoms with E-state index in [0.29, 0.717) is 25.3 Å². The van der Waals surface area contributed by atoms with Gasteiger partial charge in [0, 0.05) is 6.54 Å². The number of aliphatic carboxylic acids is 1. The smallest absolute Gasteiger partial charge is 0.310 e. The molecule has 0 atom stereocenters. The lowest BCUT2D eigenvalue weighted by molar-refractivity contribution is -0.149. The van der Waals surface area contributed by atoms with Crippen LogP contribution in [0.2, 0.25) is 0 Å². The van der Waals surface area contributed by atoms with Gasteiger partial charge >= 0.3 is 5.97 Å². The van der Waals surface area contributed by atoms with E-state index in [1.807, 2.05) is 13.8 Å². The molecule has 0 heterocycles. The number of carbonyl (C=O) groups is 1. The number of hydrogen-bond acceptors (Lipinski definition) is 2. The summed E-state index contributed by atoms with van der Waals surface area (Å²) in [5.74, 6) is -0.135. The largest absolute Gasteiger partial charge is 0.481 e. The molecule has 2 N–H and O–H groups in total. The highest BCUT2D eigenvalue weighted by Crippen LogP contribution is 2.25. The van der Waals surface area contributed by atoms with Gasteiger partial charge in [0.1, 0.15) is 0 Å². The summed E-state index contributed by atoms with van der Waals surface area (Å²) in [7, 11) is 0. The minimum Gasteiger partial charge on any atom is -0.481 e. The molecule has 0 saturated carbocycles. The van der Waals surface area contributed by atoms with Crippen molar-refractivity contribution in [2.24, 2.45) is 5.41 Å². The maximum atomic E-state index is 11.4. The molecule has 0 spiro atoms. The molecule has 0 aromatic heterocycles. The summed E-state index contributed by atoms with van der Waals surface area (Å²) in [4.78, 5) is 11.4. The fraction of sp³-hybridized carbons (Fsp3) is 0.611. The average molecular weight is 291 g/mol. The van der Waals surface area contributed by atoms with Crippen LogP contribution in [0.15, 0.2) is 24.3 Å². The van der Waals surface area contributed by atoms with E-state index in [1.165, 1.54) is 11.1 Å². The Hall–Kier alpha value is -1.35. The fourth-order valence-electron chi connectivity index (χ4n) is 2.51. The normalized spacial score (nSPS) is 11.9. The van der Waals surface area contributed by atoms with Crippen molar-refractivity contribution in [3.63, 3.8) is 0 Å². The Kier molecular flexibility index (Phi) is 6.90. The van der Waals surface area contributed by atoms with Crippen LogP contribution in [0.1, 0.15) is 57.6 Å². The van der Waals surface area contributed by atoms with Crippen molar-refractivity contribution in [1.29, 1.82) is 0 Å². The molecule has 0 aliphatic heterocycles. The minimum absolute atomic E-state index is 0.541. The summed E-state index contributed by atoms with van der Waals surface area (Å²) in [6, 6.07) is 8.70. The lowest BCUT2D eigenvalue weighted by atomic mass is 9.82. The van der Waals surface area contributed by atoms with Crippen molar-refractivity contribution < 1.29 is 9.90 Å². The Morgan fingerprint density at radius 2 is 1.76 bits per heavy atom. The molecule has 3 heteroatoms. The van der Waals surface area contributed by atoms with Crippen molar-refractivity contribution in [1.82, 2.24) is 5.32 Å². The molecule has 0 aliphatic rings. The Morgan fingerprint density at radius 1 is 1.19 bits per heavy atom. The first kappa shape index (κ1) is 17.7. The van der Waals surface area contributed by atoms with Gasteiger partial charge in [0.15, 0.2) is 0 Å². The zero-order valence-electron chi connectivity index (χ0n) is 13.8. The summed E-state index contributed by atoms with van der Waals surface area (Å²) >= 11 is 0. The average Bonchev–Trinajstić information content (AvgIpc) is 2.48. The van der Waals surface area contributed by atoms with Crippen molar-refractivity contribution in [3.8, 4) is 0 Å². The summed E-state index contributed by atoms with van der Waals surface area (Å²) in [5.41, 5.74) is 2.02. The van der Waals surface area contributed by atoms with Gasteiger partial charge in [-0.05, 0) is 42.9 Å². The maximum absolute atomic E-state index is 11.4. The monoisotopic (exact) mass is 291 g/mol. The summed E-state index contributed by atoms with van der Waals surface area (Å²) in [6.07, 6.45) is 2.26. The SMILES string of the molecule is CCC(CC)(CNCCc1ccc(C(C)C)cc1)C(=O)O. The molecule has 0 saturated heterocycles. The van der Waals surface area contributed by atoms with E-state index in [1.54, 1.807) is 0 Å². The third-order valence-corrected chi connectivity index (χ3v) is 4.51. The second kappa shape index (κ2) is 8.18. The second-order valence-corrected chi connectivity index (χ2v) is 6.12. The van der Waals surface area contributed by atoms with Crippen LogP contribution in [0.4, 0.5) is 0 Å². The minimum atomic E-state index is -0.693. The first-order valence-corrected chi connectivity index (χ1v) is 7.98. The van der Waals surface area contributed by atoms with Gasteiger partial charge in [-0.1, -0.05) is 52.0 Å². The van der Waals surface area contributed by atoms with Crippen molar-refractivity contribution in [3.05, 3.63) is 35.4 Å². The van der Waals surface area contributed by atoms with E-state index in [2.05, 4.69) is 43.4 Å². The quantitative estimate of drug-likeness (QED) is 0.680. The lowest BCUT2D eigenvalue weighted by Crippen LogP contribution is -2.40. The summed E-state index contributed by atoms with van der Waals surface area (Å²) in [5, 5.41) is 12.7. The van der Waals surface area contributed by atoms with Crippen LogP contribution in [0, 0.1) is 5.41 Å². The molecule has 1 rings (SSSR count). The second-order valence-electron chi connectivity index (χ2n) is 6.12. The van der Waals surface area contributed by atoms with Crippen LogP contribution in [0.3, 0.4) is 0 Å². The maximum Gasteiger partial charge on any atom is 0.310 e. The Labute approximate surface area is 128 Å². The first-order valence-electron chi connectivity index (χ1n) is 7.98. The van der Waals surface area contributed by atoms with E-state index in [-0.39, 0.29) is 0 Å². The molecule has 21 heavy (non-hydrogen) atoms. The number of carboxylic acids is 1. The van der Waals surface area contributed by atoms with Gasteiger partial charge < -0.3 is 10.4 Å². The molecular formula is C18H29NO2. The van der Waals surface area contributed by atoms with Gasteiger partial charge in [-0.25, -0.2) is 0 Å². The molecule has 0 fully saturated rings. The van der Waals surface area contributed by atoms with Gasteiger partial charge in [-0.3, -0.25) is 4.79 Å². The zero-order valence-corrected chi connectivity index (χ0v) is 13.8. The molecule has 1 aromatic carbocycles. The van der Waals surface area contributed by atoms with Gasteiger partial charge in [0.2, 0.25) is 0 Å². The molecule has 0 bridgehead atoms. The van der Waals surface area contributed by atoms with Crippen LogP contribution >= 0.6 is 0 Å². The molecule has 0 amide bonds. The topological polar surface area (TPSA) is 49.3 Å². The molecule has 1 aromatic rings. The standard InChI is InChI=1S/C18H29NO2/c1-5-18(6-2,17(20)21)13-19-12-11-15-7-9-16(10-8-15)14(3)4/h7-10,14,19H,5-6,11-13H2,1-4H3,(H,20,21). The number of rotatable bonds is 9. The molecular weight excluding hydrogens is 262 g/mol. The predicted octanol–water partition coefficient (Wildman–Crippen LogP) is 3.83. The molecule has 3 nitrogen and oxygen atoms in total.